The number of methoxy groups -OCH3 is 1. The normalized spacial score (nSPS) is 9.86. The van der Waals surface area contributed by atoms with Crippen LogP contribution in [0, 0.1) is 0 Å². The van der Waals surface area contributed by atoms with E-state index >= 15 is 0 Å². The lowest BCUT2D eigenvalue weighted by Gasteiger charge is -2.13. The van der Waals surface area contributed by atoms with Crippen molar-refractivity contribution in [2.75, 3.05) is 18.7 Å². The van der Waals surface area contributed by atoms with E-state index in [1.807, 2.05) is 0 Å². The van der Waals surface area contributed by atoms with Gasteiger partial charge in [0, 0.05) is 19.5 Å². The van der Waals surface area contributed by atoms with Gasteiger partial charge in [0.25, 0.3) is 0 Å². The van der Waals surface area contributed by atoms with E-state index in [1.54, 1.807) is 6.07 Å². The van der Waals surface area contributed by atoms with Crippen LogP contribution in [0.2, 0.25) is 0 Å². The predicted octanol–water partition coefficient (Wildman–Crippen LogP) is -0.280. The van der Waals surface area contributed by atoms with E-state index < -0.39 is 0 Å². The van der Waals surface area contributed by atoms with Gasteiger partial charge in [0.1, 0.15) is 0 Å². The molecule has 14 heavy (non-hydrogen) atoms. The maximum absolute atomic E-state index is 11.3. The van der Waals surface area contributed by atoms with E-state index in [1.165, 1.54) is 19.5 Å². The molecule has 0 saturated heterocycles. The van der Waals surface area contributed by atoms with Crippen molar-refractivity contribution in [1.82, 2.24) is 9.97 Å². The number of carbonyl (C=O) groups excluding carboxylic acids is 1. The molecule has 0 aliphatic rings. The van der Waals surface area contributed by atoms with Gasteiger partial charge in [-0.1, -0.05) is 0 Å². The molecule has 2 N–H and O–H groups in total. The molecule has 0 radical (unpaired) electrons. The second-order valence-corrected chi connectivity index (χ2v) is 2.56. The highest BCUT2D eigenvalue weighted by atomic mass is 16.5. The molecule has 1 heterocycles. The van der Waals surface area contributed by atoms with Crippen molar-refractivity contribution in [2.45, 2.75) is 6.42 Å². The molecule has 0 unspecified atom stereocenters. The van der Waals surface area contributed by atoms with Crippen LogP contribution >= 0.6 is 0 Å². The Morgan fingerprint density at radius 2 is 2.21 bits per heavy atom. The van der Waals surface area contributed by atoms with Crippen molar-refractivity contribution >= 4 is 11.9 Å². The summed E-state index contributed by atoms with van der Waals surface area (Å²) in [5, 5.41) is 0.916. The zero-order valence-electron chi connectivity index (χ0n) is 7.88. The number of amides is 1. The molecule has 6 heteroatoms. The van der Waals surface area contributed by atoms with Crippen LogP contribution in [0.4, 0.5) is 5.95 Å². The van der Waals surface area contributed by atoms with E-state index in [-0.39, 0.29) is 18.3 Å². The van der Waals surface area contributed by atoms with Gasteiger partial charge in [0.15, 0.2) is 0 Å². The van der Waals surface area contributed by atoms with Crippen LogP contribution in [0.3, 0.4) is 0 Å². The average Bonchev–Trinajstić information content (AvgIpc) is 2.26. The lowest BCUT2D eigenvalue weighted by atomic mass is 10.4. The summed E-state index contributed by atoms with van der Waals surface area (Å²) in [7, 11) is 1.52. The largest absolute Gasteiger partial charge is 0.384 e. The zero-order chi connectivity index (χ0) is 10.4. The summed E-state index contributed by atoms with van der Waals surface area (Å²) in [6, 6.07) is 1.65. The number of nitrogens with zero attached hydrogens (tertiary/aromatic N) is 3. The fourth-order valence-electron chi connectivity index (χ4n) is 0.837. The Morgan fingerprint density at radius 3 is 2.79 bits per heavy atom. The lowest BCUT2D eigenvalue weighted by Crippen LogP contribution is -2.39. The zero-order valence-corrected chi connectivity index (χ0v) is 7.88. The molecule has 76 valence electrons. The minimum Gasteiger partial charge on any atom is -0.384 e. The van der Waals surface area contributed by atoms with Crippen LogP contribution in [-0.2, 0) is 9.53 Å². The molecule has 0 aliphatic heterocycles. The number of rotatable bonds is 4. The van der Waals surface area contributed by atoms with E-state index in [0.29, 0.717) is 6.61 Å². The molecular weight excluding hydrogens is 184 g/mol. The molecule has 0 atom stereocenters. The minimum atomic E-state index is -0.280. The van der Waals surface area contributed by atoms with Gasteiger partial charge < -0.3 is 4.74 Å². The monoisotopic (exact) mass is 196 g/mol. The summed E-state index contributed by atoms with van der Waals surface area (Å²) in [5.74, 6) is 5.39. The van der Waals surface area contributed by atoms with Gasteiger partial charge in [0.2, 0.25) is 11.9 Å². The quantitative estimate of drug-likeness (QED) is 0.407. The molecule has 0 aliphatic carbocycles. The number of hydrazine groups is 1. The Bertz CT molecular complexity index is 291. The summed E-state index contributed by atoms with van der Waals surface area (Å²) >= 11 is 0. The second-order valence-electron chi connectivity index (χ2n) is 2.56. The molecule has 0 fully saturated rings. The van der Waals surface area contributed by atoms with Crippen LogP contribution in [-0.4, -0.2) is 29.6 Å². The van der Waals surface area contributed by atoms with E-state index in [4.69, 9.17) is 10.6 Å². The van der Waals surface area contributed by atoms with Gasteiger partial charge in [-0.3, -0.25) is 4.79 Å². The molecule has 1 rings (SSSR count). The molecule has 1 aromatic heterocycles. The number of anilines is 1. The van der Waals surface area contributed by atoms with E-state index in [0.717, 1.165) is 5.01 Å². The standard InChI is InChI=1S/C8H12N4O2/c1-14-6-3-7(13)12(9)8-10-4-2-5-11-8/h2,4-5H,3,6,9H2,1H3. The first kappa shape index (κ1) is 10.6. The van der Waals surface area contributed by atoms with Gasteiger partial charge in [-0.25, -0.2) is 20.8 Å². The number of nitrogens with two attached hydrogens (primary N) is 1. The van der Waals surface area contributed by atoms with E-state index in [9.17, 15) is 4.79 Å². The van der Waals surface area contributed by atoms with Gasteiger partial charge in [-0.15, -0.1) is 0 Å². The maximum Gasteiger partial charge on any atom is 0.246 e. The Labute approximate surface area is 81.7 Å². The summed E-state index contributed by atoms with van der Waals surface area (Å²) in [4.78, 5) is 19.0. The average molecular weight is 196 g/mol. The number of aromatic nitrogens is 2. The SMILES string of the molecule is COCCC(=O)N(N)c1ncccn1. The molecule has 0 saturated carbocycles. The van der Waals surface area contributed by atoms with Crippen molar-refractivity contribution < 1.29 is 9.53 Å². The third-order valence-electron chi connectivity index (χ3n) is 1.56. The molecular formula is C8H12N4O2. The Balaban J connectivity index is 2.57. The minimum absolute atomic E-state index is 0.189. The van der Waals surface area contributed by atoms with Crippen molar-refractivity contribution in [3.8, 4) is 0 Å². The number of carbonyl (C=O) groups is 1. The fourth-order valence-corrected chi connectivity index (χ4v) is 0.837. The predicted molar refractivity (Wildman–Crippen MR) is 50.2 cm³/mol. The Morgan fingerprint density at radius 1 is 1.57 bits per heavy atom. The first-order valence-corrected chi connectivity index (χ1v) is 4.09. The van der Waals surface area contributed by atoms with Crippen molar-refractivity contribution in [3.05, 3.63) is 18.5 Å². The van der Waals surface area contributed by atoms with E-state index in [2.05, 4.69) is 9.97 Å². The van der Waals surface area contributed by atoms with Crippen LogP contribution in [0.1, 0.15) is 6.42 Å². The lowest BCUT2D eigenvalue weighted by molar-refractivity contribution is -0.119. The molecule has 1 amide bonds. The van der Waals surface area contributed by atoms with Crippen LogP contribution in [0.5, 0.6) is 0 Å². The third kappa shape index (κ3) is 2.75. The number of ether oxygens (including phenoxy) is 1. The Hall–Kier alpha value is -1.53. The fraction of sp³-hybridized carbons (Fsp3) is 0.375. The molecule has 0 bridgehead atoms. The molecule has 6 nitrogen and oxygen atoms in total. The topological polar surface area (TPSA) is 81.3 Å². The Kier molecular flexibility index (Phi) is 3.96. The first-order chi connectivity index (χ1) is 6.75. The first-order valence-electron chi connectivity index (χ1n) is 4.09. The summed E-state index contributed by atoms with van der Waals surface area (Å²) in [6.45, 7) is 0.333. The van der Waals surface area contributed by atoms with Crippen molar-refractivity contribution in [3.63, 3.8) is 0 Å². The van der Waals surface area contributed by atoms with Crippen LogP contribution in [0.25, 0.3) is 0 Å². The van der Waals surface area contributed by atoms with Crippen molar-refractivity contribution in [2.24, 2.45) is 5.84 Å². The van der Waals surface area contributed by atoms with Crippen LogP contribution in [0.15, 0.2) is 18.5 Å². The van der Waals surface area contributed by atoms with Crippen molar-refractivity contribution in [1.29, 1.82) is 0 Å². The highest BCUT2D eigenvalue weighted by Gasteiger charge is 2.12. The number of hydrogen-bond acceptors (Lipinski definition) is 5. The van der Waals surface area contributed by atoms with Crippen LogP contribution < -0.4 is 10.9 Å². The summed E-state index contributed by atoms with van der Waals surface area (Å²) in [5.41, 5.74) is 0. The molecule has 0 spiro atoms. The number of hydrogen-bond donors (Lipinski definition) is 1. The molecule has 0 aromatic carbocycles. The summed E-state index contributed by atoms with van der Waals surface area (Å²) < 4.78 is 4.75. The maximum atomic E-state index is 11.3. The van der Waals surface area contributed by atoms with Gasteiger partial charge in [0.05, 0.1) is 13.0 Å². The second kappa shape index (κ2) is 5.25. The smallest absolute Gasteiger partial charge is 0.246 e. The summed E-state index contributed by atoms with van der Waals surface area (Å²) in [6.07, 6.45) is 3.25. The van der Waals surface area contributed by atoms with Gasteiger partial charge >= 0.3 is 0 Å². The molecule has 1 aromatic rings. The highest BCUT2D eigenvalue weighted by Crippen LogP contribution is 2.01. The highest BCUT2D eigenvalue weighted by molar-refractivity contribution is 5.90. The third-order valence-corrected chi connectivity index (χ3v) is 1.56. The van der Waals surface area contributed by atoms with Gasteiger partial charge in [-0.2, -0.15) is 0 Å². The van der Waals surface area contributed by atoms with Gasteiger partial charge in [-0.05, 0) is 6.07 Å².